The molecule has 2 rings (SSSR count). The van der Waals surface area contributed by atoms with E-state index in [4.69, 9.17) is 0 Å². The van der Waals surface area contributed by atoms with Crippen LogP contribution in [0.4, 0.5) is 0 Å². The first-order valence-corrected chi connectivity index (χ1v) is 16.4. The van der Waals surface area contributed by atoms with E-state index in [2.05, 4.69) is 20.8 Å². The maximum atomic E-state index is 14.2. The van der Waals surface area contributed by atoms with Crippen molar-refractivity contribution in [1.82, 2.24) is 8.61 Å². The maximum Gasteiger partial charge on any atom is 0.220 e. The van der Waals surface area contributed by atoms with Crippen molar-refractivity contribution in [3.05, 3.63) is 0 Å². The van der Waals surface area contributed by atoms with Crippen molar-refractivity contribution in [2.75, 3.05) is 6.61 Å². The van der Waals surface area contributed by atoms with Crippen molar-refractivity contribution >= 4 is 20.0 Å². The van der Waals surface area contributed by atoms with E-state index in [1.54, 1.807) is 43.2 Å². The summed E-state index contributed by atoms with van der Waals surface area (Å²) in [7, 11) is -7.33. The third-order valence-electron chi connectivity index (χ3n) is 8.93. The lowest BCUT2D eigenvalue weighted by atomic mass is 9.76. The fourth-order valence-corrected chi connectivity index (χ4v) is 9.01. The van der Waals surface area contributed by atoms with Crippen molar-refractivity contribution in [2.45, 2.75) is 155 Å². The van der Waals surface area contributed by atoms with Crippen LogP contribution in [-0.2, 0) is 20.0 Å². The Hall–Kier alpha value is -0.220. The van der Waals surface area contributed by atoms with Crippen LogP contribution < -0.4 is 0 Å². The Morgan fingerprint density at radius 3 is 1.50 bits per heavy atom. The number of sulfonamides is 2. The molecule has 36 heavy (non-hydrogen) atoms. The monoisotopic (exact) mass is 550 g/mol. The van der Waals surface area contributed by atoms with Crippen molar-refractivity contribution in [3.8, 4) is 0 Å². The lowest BCUT2D eigenvalue weighted by molar-refractivity contribution is 0.0716. The molecule has 0 radical (unpaired) electrons. The van der Waals surface area contributed by atoms with E-state index in [0.717, 1.165) is 25.7 Å². The quantitative estimate of drug-likeness (QED) is 0.363. The first kappa shape index (κ1) is 32.0. The topological polar surface area (TPSA) is 95.0 Å². The van der Waals surface area contributed by atoms with E-state index < -0.39 is 46.5 Å². The minimum atomic E-state index is -3.67. The summed E-state index contributed by atoms with van der Waals surface area (Å²) in [6, 6.07) is -0.678. The van der Waals surface area contributed by atoms with Crippen LogP contribution >= 0.6 is 0 Å². The van der Waals surface area contributed by atoms with Gasteiger partial charge in [0.05, 0.1) is 22.1 Å². The highest BCUT2D eigenvalue weighted by molar-refractivity contribution is 7.90. The number of hydrogen-bond donors (Lipinski definition) is 1. The first-order valence-electron chi connectivity index (χ1n) is 13.5. The first-order chi connectivity index (χ1) is 15.9. The SMILES string of the molecule is CC(C)(CCC(C)(C)S(=O)(=O)N(C1CC1)C(C)(C)C(C)(C)C)[C@@H](CO)N(C1CC1)S(=O)(=O)C(C)(C)C. The maximum absolute atomic E-state index is 14.2. The zero-order valence-electron chi connectivity index (χ0n) is 25.0. The molecule has 0 aromatic carbocycles. The van der Waals surface area contributed by atoms with Crippen LogP contribution in [0.3, 0.4) is 0 Å². The van der Waals surface area contributed by atoms with Gasteiger partial charge in [-0.15, -0.1) is 0 Å². The summed E-state index contributed by atoms with van der Waals surface area (Å²) in [5.41, 5.74) is -1.42. The van der Waals surface area contributed by atoms with E-state index in [1.807, 2.05) is 27.7 Å². The molecule has 0 bridgehead atoms. The Morgan fingerprint density at radius 1 is 0.722 bits per heavy atom. The molecule has 2 aliphatic carbocycles. The van der Waals surface area contributed by atoms with Gasteiger partial charge < -0.3 is 5.11 Å². The molecule has 0 spiro atoms. The second-order valence-electron chi connectivity index (χ2n) is 15.0. The molecule has 0 aliphatic heterocycles. The Balaban J connectivity index is 2.36. The van der Waals surface area contributed by atoms with Gasteiger partial charge >= 0.3 is 0 Å². The second kappa shape index (κ2) is 9.76. The smallest absolute Gasteiger partial charge is 0.220 e. The van der Waals surface area contributed by atoms with Crippen LogP contribution in [0.5, 0.6) is 0 Å². The van der Waals surface area contributed by atoms with Crippen LogP contribution in [0, 0.1) is 10.8 Å². The highest BCUT2D eigenvalue weighted by atomic mass is 32.2. The lowest BCUT2D eigenvalue weighted by Crippen LogP contribution is -2.60. The standard InChI is InChI=1S/C27H54N2O5S2/c1-23(2,3)27(11,12)29(21-15-16-21)36(33,34)26(9,10)18-17-25(7,8)22(19-30)28(20-13-14-20)35(31,32)24(4,5)6/h20-22,30H,13-19H2,1-12H3/t22-/m1/s1. The van der Waals surface area contributed by atoms with Crippen molar-refractivity contribution in [1.29, 1.82) is 0 Å². The lowest BCUT2D eigenvalue weighted by Gasteiger charge is -2.50. The van der Waals surface area contributed by atoms with Gasteiger partial charge in [0.1, 0.15) is 0 Å². The summed E-state index contributed by atoms with van der Waals surface area (Å²) < 4.78 is 56.8. The molecule has 2 saturated carbocycles. The minimum absolute atomic E-state index is 0.0315. The molecular formula is C27H54N2O5S2. The molecule has 0 aromatic heterocycles. The Bertz CT molecular complexity index is 994. The summed E-state index contributed by atoms with van der Waals surface area (Å²) in [6.07, 6.45) is 4.19. The largest absolute Gasteiger partial charge is 0.395 e. The van der Waals surface area contributed by atoms with Gasteiger partial charge in [-0.2, -0.15) is 8.61 Å². The summed E-state index contributed by atoms with van der Waals surface area (Å²) >= 11 is 0. The van der Waals surface area contributed by atoms with Crippen molar-refractivity contribution in [2.24, 2.45) is 10.8 Å². The molecule has 0 heterocycles. The van der Waals surface area contributed by atoms with Gasteiger partial charge in [0.15, 0.2) is 0 Å². The predicted molar refractivity (Wildman–Crippen MR) is 149 cm³/mol. The molecule has 0 saturated heterocycles. The molecular weight excluding hydrogens is 496 g/mol. The fourth-order valence-electron chi connectivity index (χ4n) is 4.71. The van der Waals surface area contributed by atoms with E-state index in [-0.39, 0.29) is 24.1 Å². The van der Waals surface area contributed by atoms with Gasteiger partial charge in [0.25, 0.3) is 0 Å². The van der Waals surface area contributed by atoms with E-state index in [9.17, 15) is 21.9 Å². The molecule has 1 atom stereocenters. The van der Waals surface area contributed by atoms with Gasteiger partial charge in [0.2, 0.25) is 20.0 Å². The summed E-state index contributed by atoms with van der Waals surface area (Å²) in [5.74, 6) is 0. The van der Waals surface area contributed by atoms with Gasteiger partial charge in [-0.25, -0.2) is 16.8 Å². The summed E-state index contributed by atoms with van der Waals surface area (Å²) in [5, 5.41) is 10.5. The van der Waals surface area contributed by atoms with Crippen molar-refractivity contribution < 1.29 is 21.9 Å². The van der Waals surface area contributed by atoms with Gasteiger partial charge in [-0.1, -0.05) is 34.6 Å². The third-order valence-corrected chi connectivity index (χ3v) is 14.5. The molecule has 2 fully saturated rings. The molecule has 1 N–H and O–H groups in total. The van der Waals surface area contributed by atoms with E-state index in [1.165, 1.54) is 0 Å². The van der Waals surface area contributed by atoms with Crippen molar-refractivity contribution in [3.63, 3.8) is 0 Å². The summed E-state index contributed by atoms with van der Waals surface area (Å²) in [4.78, 5) is 0. The molecule has 2 aliphatic rings. The predicted octanol–water partition coefficient (Wildman–Crippen LogP) is 5.14. The van der Waals surface area contributed by atoms with E-state index in [0.29, 0.717) is 12.8 Å². The highest BCUT2D eigenvalue weighted by Crippen LogP contribution is 2.48. The third kappa shape index (κ3) is 6.00. The Labute approximate surface area is 222 Å². The normalized spacial score (nSPS) is 20.3. The van der Waals surface area contributed by atoms with Gasteiger partial charge in [-0.3, -0.25) is 0 Å². The van der Waals surface area contributed by atoms with Crippen LogP contribution in [0.15, 0.2) is 0 Å². The van der Waals surface area contributed by atoms with Gasteiger partial charge in [-0.05, 0) is 97.8 Å². The van der Waals surface area contributed by atoms with Crippen LogP contribution in [-0.4, -0.2) is 70.3 Å². The molecule has 7 nitrogen and oxygen atoms in total. The number of nitrogens with zero attached hydrogens (tertiary/aromatic N) is 2. The number of aliphatic hydroxyl groups excluding tert-OH is 1. The molecule has 9 heteroatoms. The fraction of sp³-hybridized carbons (Fsp3) is 1.00. The molecule has 0 unspecified atom stereocenters. The number of hydrogen-bond acceptors (Lipinski definition) is 5. The second-order valence-corrected chi connectivity index (χ2v) is 20.0. The average Bonchev–Trinajstić information content (AvgIpc) is 3.56. The zero-order valence-corrected chi connectivity index (χ0v) is 26.6. The molecule has 0 amide bonds. The highest BCUT2D eigenvalue weighted by Gasteiger charge is 2.56. The van der Waals surface area contributed by atoms with Crippen LogP contribution in [0.1, 0.15) is 122 Å². The van der Waals surface area contributed by atoms with Crippen LogP contribution in [0.25, 0.3) is 0 Å². The minimum Gasteiger partial charge on any atom is -0.395 e. The van der Waals surface area contributed by atoms with Gasteiger partial charge in [0, 0.05) is 17.6 Å². The Morgan fingerprint density at radius 2 is 1.17 bits per heavy atom. The number of rotatable bonds is 12. The average molecular weight is 551 g/mol. The number of aliphatic hydroxyl groups is 1. The Kier molecular flexibility index (Phi) is 8.67. The molecule has 214 valence electrons. The zero-order chi connectivity index (χ0) is 28.3. The van der Waals surface area contributed by atoms with E-state index >= 15 is 0 Å². The van der Waals surface area contributed by atoms with Crippen LogP contribution in [0.2, 0.25) is 0 Å². The summed E-state index contributed by atoms with van der Waals surface area (Å²) in [6.45, 7) is 22.6. The molecule has 0 aromatic rings.